The van der Waals surface area contributed by atoms with Crippen LogP contribution in [0.2, 0.25) is 18.1 Å². The second kappa shape index (κ2) is 6.59. The van der Waals surface area contributed by atoms with Gasteiger partial charge in [-0.25, -0.2) is 0 Å². The van der Waals surface area contributed by atoms with E-state index in [9.17, 15) is 0 Å². The summed E-state index contributed by atoms with van der Waals surface area (Å²) >= 11 is 0. The molecule has 1 atom stereocenters. The van der Waals surface area contributed by atoms with Crippen molar-refractivity contribution in [2.24, 2.45) is 0 Å². The zero-order valence-electron chi connectivity index (χ0n) is 13.0. The fourth-order valence-electron chi connectivity index (χ4n) is 3.09. The second-order valence-corrected chi connectivity index (χ2v) is 10.3. The van der Waals surface area contributed by atoms with Crippen LogP contribution in [0.5, 0.6) is 0 Å². The Hall–Kier alpha value is -0.783. The lowest BCUT2D eigenvalue weighted by Gasteiger charge is -2.40. The van der Waals surface area contributed by atoms with E-state index < -0.39 is 8.32 Å². The van der Waals surface area contributed by atoms with Gasteiger partial charge in [0.1, 0.15) is 0 Å². The van der Waals surface area contributed by atoms with Crippen molar-refractivity contribution in [3.63, 3.8) is 0 Å². The first kappa shape index (κ1) is 16.3. The third-order valence-electron chi connectivity index (χ3n) is 4.74. The maximum atomic E-state index is 6.71. The summed E-state index contributed by atoms with van der Waals surface area (Å²) in [6.45, 7) is 13.0. The zero-order chi connectivity index (χ0) is 14.5. The molecule has 2 heteroatoms. The molecule has 106 valence electrons. The van der Waals surface area contributed by atoms with Crippen molar-refractivity contribution in [3.8, 4) is 12.3 Å². The molecule has 0 aliphatic heterocycles. The van der Waals surface area contributed by atoms with E-state index in [0.29, 0.717) is 0 Å². The Balaban J connectivity index is 3.12. The van der Waals surface area contributed by atoms with Crippen molar-refractivity contribution in [3.05, 3.63) is 23.8 Å². The molecule has 0 saturated carbocycles. The first-order valence-corrected chi connectivity index (χ1v) is 10.1. The molecule has 0 N–H and O–H groups in total. The van der Waals surface area contributed by atoms with E-state index in [4.69, 9.17) is 10.8 Å². The van der Waals surface area contributed by atoms with Gasteiger partial charge >= 0.3 is 0 Å². The second-order valence-electron chi connectivity index (χ2n) is 5.61. The molecule has 0 aromatic carbocycles. The summed E-state index contributed by atoms with van der Waals surface area (Å²) < 4.78 is 6.71. The average molecular weight is 276 g/mol. The molecule has 1 rings (SSSR count). The highest BCUT2D eigenvalue weighted by atomic mass is 28.4. The molecule has 0 fully saturated rings. The molecule has 0 bridgehead atoms. The van der Waals surface area contributed by atoms with Gasteiger partial charge in [0.2, 0.25) is 0 Å². The third-order valence-corrected chi connectivity index (χ3v) is 9.47. The molecule has 0 aromatic rings. The van der Waals surface area contributed by atoms with Gasteiger partial charge < -0.3 is 4.43 Å². The molecule has 0 heterocycles. The van der Waals surface area contributed by atoms with Gasteiger partial charge in [-0.05, 0) is 49.9 Å². The van der Waals surface area contributed by atoms with Gasteiger partial charge in [0.05, 0.1) is 5.60 Å². The first-order valence-electron chi connectivity index (χ1n) is 7.53. The predicted molar refractivity (Wildman–Crippen MR) is 86.6 cm³/mol. The van der Waals surface area contributed by atoms with Crippen LogP contribution in [0.1, 0.15) is 47.0 Å². The zero-order valence-corrected chi connectivity index (χ0v) is 14.0. The highest BCUT2D eigenvalue weighted by Crippen LogP contribution is 2.40. The quantitative estimate of drug-likeness (QED) is 0.358. The van der Waals surface area contributed by atoms with Gasteiger partial charge in [-0.2, -0.15) is 0 Å². The van der Waals surface area contributed by atoms with E-state index in [1.54, 1.807) is 0 Å². The SMILES string of the molecule is C#CC1=C(C(C)(C=C)O[Si](CC)(CC)CC)CCC1. The fourth-order valence-corrected chi connectivity index (χ4v) is 6.13. The summed E-state index contributed by atoms with van der Waals surface area (Å²) in [6, 6.07) is 3.46. The summed E-state index contributed by atoms with van der Waals surface area (Å²) in [6.07, 6.45) is 10.9. The summed E-state index contributed by atoms with van der Waals surface area (Å²) in [4.78, 5) is 0. The van der Waals surface area contributed by atoms with Gasteiger partial charge in [-0.1, -0.05) is 39.3 Å². The van der Waals surface area contributed by atoms with Crippen molar-refractivity contribution < 1.29 is 4.43 Å². The minimum atomic E-state index is -1.66. The van der Waals surface area contributed by atoms with Crippen molar-refractivity contribution in [1.82, 2.24) is 0 Å². The Morgan fingerprint density at radius 3 is 2.32 bits per heavy atom. The molecule has 0 amide bonds. The number of hydrogen-bond donors (Lipinski definition) is 0. The Bertz CT molecular complexity index is 390. The smallest absolute Gasteiger partial charge is 0.193 e. The average Bonchev–Trinajstić information content (AvgIpc) is 2.94. The van der Waals surface area contributed by atoms with E-state index in [1.165, 1.54) is 5.57 Å². The van der Waals surface area contributed by atoms with Crippen LogP contribution in [0.25, 0.3) is 0 Å². The maximum absolute atomic E-state index is 6.71. The van der Waals surface area contributed by atoms with Gasteiger partial charge in [-0.15, -0.1) is 6.42 Å². The summed E-state index contributed by atoms with van der Waals surface area (Å²) in [5.74, 6) is 2.86. The Morgan fingerprint density at radius 2 is 1.89 bits per heavy atom. The number of terminal acetylenes is 1. The van der Waals surface area contributed by atoms with Gasteiger partial charge in [0.15, 0.2) is 8.32 Å². The maximum Gasteiger partial charge on any atom is 0.193 e. The highest BCUT2D eigenvalue weighted by Gasteiger charge is 2.40. The van der Waals surface area contributed by atoms with Crippen LogP contribution in [0.3, 0.4) is 0 Å². The third kappa shape index (κ3) is 3.21. The number of hydrogen-bond acceptors (Lipinski definition) is 1. The van der Waals surface area contributed by atoms with Crippen LogP contribution in [0.4, 0.5) is 0 Å². The molecule has 19 heavy (non-hydrogen) atoms. The molecule has 1 aliphatic carbocycles. The van der Waals surface area contributed by atoms with Crippen molar-refractivity contribution in [2.75, 3.05) is 0 Å². The topological polar surface area (TPSA) is 9.23 Å². The summed E-state index contributed by atoms with van der Waals surface area (Å²) in [5, 5.41) is 0. The molecule has 1 aliphatic rings. The molecule has 1 unspecified atom stereocenters. The van der Waals surface area contributed by atoms with E-state index in [0.717, 1.165) is 43.0 Å². The lowest BCUT2D eigenvalue weighted by Crippen LogP contribution is -2.45. The van der Waals surface area contributed by atoms with Crippen molar-refractivity contribution >= 4 is 8.32 Å². The Kier molecular flexibility index (Phi) is 5.64. The lowest BCUT2D eigenvalue weighted by atomic mass is 9.93. The van der Waals surface area contributed by atoms with Gasteiger partial charge in [-0.3, -0.25) is 0 Å². The Morgan fingerprint density at radius 1 is 1.32 bits per heavy atom. The summed E-state index contributed by atoms with van der Waals surface area (Å²) in [5.41, 5.74) is 2.10. The lowest BCUT2D eigenvalue weighted by molar-refractivity contribution is 0.161. The molecular weight excluding hydrogens is 248 g/mol. The minimum absolute atomic E-state index is 0.355. The molecule has 0 radical (unpaired) electrons. The Labute approximate surface area is 120 Å². The molecule has 0 saturated heterocycles. The monoisotopic (exact) mass is 276 g/mol. The van der Waals surface area contributed by atoms with Crippen LogP contribution >= 0.6 is 0 Å². The van der Waals surface area contributed by atoms with Crippen LogP contribution in [-0.2, 0) is 4.43 Å². The minimum Gasteiger partial charge on any atom is -0.405 e. The van der Waals surface area contributed by atoms with E-state index in [2.05, 4.69) is 40.2 Å². The molecule has 0 aromatic heterocycles. The number of allylic oxidation sites excluding steroid dienone is 1. The van der Waals surface area contributed by atoms with Crippen LogP contribution in [0.15, 0.2) is 23.8 Å². The molecule has 0 spiro atoms. The molecule has 1 nitrogen and oxygen atoms in total. The van der Waals surface area contributed by atoms with Gasteiger partial charge in [0, 0.05) is 5.57 Å². The number of rotatable bonds is 7. The van der Waals surface area contributed by atoms with Crippen LogP contribution in [0, 0.1) is 12.3 Å². The predicted octanol–water partition coefficient (Wildman–Crippen LogP) is 5.07. The normalized spacial score (nSPS) is 19.1. The van der Waals surface area contributed by atoms with Crippen molar-refractivity contribution in [1.29, 1.82) is 0 Å². The van der Waals surface area contributed by atoms with Crippen LogP contribution < -0.4 is 0 Å². The fraction of sp³-hybridized carbons (Fsp3) is 0.647. The first-order chi connectivity index (χ1) is 9.00. The van der Waals surface area contributed by atoms with Gasteiger partial charge in [0.25, 0.3) is 0 Å². The molecular formula is C17H28OSi. The standard InChI is InChI=1S/C17H28OSi/c1-7-15-13-12-14-16(15)17(6,8-2)18-19(9-3,10-4)11-5/h1,8H,2,9-14H2,3-6H3. The highest BCUT2D eigenvalue weighted by molar-refractivity contribution is 6.73. The van der Waals surface area contributed by atoms with E-state index in [-0.39, 0.29) is 5.60 Å². The largest absolute Gasteiger partial charge is 0.405 e. The van der Waals surface area contributed by atoms with E-state index in [1.807, 2.05) is 6.08 Å². The van der Waals surface area contributed by atoms with E-state index >= 15 is 0 Å². The van der Waals surface area contributed by atoms with Crippen molar-refractivity contribution in [2.45, 2.75) is 70.7 Å². The summed E-state index contributed by atoms with van der Waals surface area (Å²) in [7, 11) is -1.66. The van der Waals surface area contributed by atoms with Crippen LogP contribution in [-0.4, -0.2) is 13.9 Å².